The van der Waals surface area contributed by atoms with E-state index in [0.717, 1.165) is 37.5 Å². The fourth-order valence-corrected chi connectivity index (χ4v) is 2.69. The van der Waals surface area contributed by atoms with Gasteiger partial charge in [0.05, 0.1) is 17.6 Å². The second-order valence-electron chi connectivity index (χ2n) is 5.17. The van der Waals surface area contributed by atoms with E-state index in [4.69, 9.17) is 4.98 Å². The standard InChI is InChI=1S/C14H20N4/c1-11-9-18(8-7-15-11)10-14-16-12-5-3-4-6-13(12)17(14)2/h3-6,11,15H,7-10H2,1-2H3. The van der Waals surface area contributed by atoms with Crippen LogP contribution in [0.1, 0.15) is 12.7 Å². The van der Waals surface area contributed by atoms with Crippen LogP contribution in [-0.2, 0) is 13.6 Å². The predicted molar refractivity (Wildman–Crippen MR) is 73.5 cm³/mol. The van der Waals surface area contributed by atoms with Crippen molar-refractivity contribution < 1.29 is 0 Å². The second kappa shape index (κ2) is 4.71. The zero-order valence-corrected chi connectivity index (χ0v) is 11.1. The van der Waals surface area contributed by atoms with Crippen LogP contribution in [0.5, 0.6) is 0 Å². The lowest BCUT2D eigenvalue weighted by atomic mass is 10.2. The topological polar surface area (TPSA) is 33.1 Å². The van der Waals surface area contributed by atoms with Crippen molar-refractivity contribution in [1.82, 2.24) is 19.8 Å². The van der Waals surface area contributed by atoms with Gasteiger partial charge in [-0.05, 0) is 19.1 Å². The van der Waals surface area contributed by atoms with Crippen molar-refractivity contribution in [3.05, 3.63) is 30.1 Å². The minimum Gasteiger partial charge on any atom is -0.330 e. The van der Waals surface area contributed by atoms with Crippen molar-refractivity contribution in [2.75, 3.05) is 19.6 Å². The molecule has 2 heterocycles. The largest absolute Gasteiger partial charge is 0.330 e. The number of imidazole rings is 1. The monoisotopic (exact) mass is 244 g/mol. The number of nitrogens with zero attached hydrogens (tertiary/aromatic N) is 3. The smallest absolute Gasteiger partial charge is 0.123 e. The Hall–Kier alpha value is -1.39. The lowest BCUT2D eigenvalue weighted by Gasteiger charge is -2.31. The Morgan fingerprint density at radius 2 is 2.22 bits per heavy atom. The van der Waals surface area contributed by atoms with E-state index < -0.39 is 0 Å². The molecule has 1 saturated heterocycles. The zero-order valence-electron chi connectivity index (χ0n) is 11.1. The van der Waals surface area contributed by atoms with E-state index in [0.29, 0.717) is 6.04 Å². The first-order chi connectivity index (χ1) is 8.74. The number of aryl methyl sites for hydroxylation is 1. The summed E-state index contributed by atoms with van der Waals surface area (Å²) in [6, 6.07) is 8.91. The van der Waals surface area contributed by atoms with Crippen molar-refractivity contribution >= 4 is 11.0 Å². The molecule has 1 aromatic heterocycles. The highest BCUT2D eigenvalue weighted by atomic mass is 15.2. The van der Waals surface area contributed by atoms with Crippen LogP contribution in [0.3, 0.4) is 0 Å². The second-order valence-corrected chi connectivity index (χ2v) is 5.17. The van der Waals surface area contributed by atoms with Crippen LogP contribution in [0.2, 0.25) is 0 Å². The summed E-state index contributed by atoms with van der Waals surface area (Å²) in [5.41, 5.74) is 2.31. The molecule has 1 aliphatic heterocycles. The number of fused-ring (bicyclic) bond motifs is 1. The van der Waals surface area contributed by atoms with Gasteiger partial charge in [0.2, 0.25) is 0 Å². The van der Waals surface area contributed by atoms with Crippen LogP contribution in [0.4, 0.5) is 0 Å². The van der Waals surface area contributed by atoms with Gasteiger partial charge >= 0.3 is 0 Å². The SMILES string of the molecule is CC1CN(Cc2nc3ccccc3n2C)CCN1. The Labute approximate surface area is 108 Å². The Bertz CT molecular complexity index is 546. The van der Waals surface area contributed by atoms with Crippen LogP contribution in [0, 0.1) is 0 Å². The molecule has 1 unspecified atom stereocenters. The van der Waals surface area contributed by atoms with E-state index >= 15 is 0 Å². The molecule has 0 bridgehead atoms. The van der Waals surface area contributed by atoms with E-state index in [9.17, 15) is 0 Å². The van der Waals surface area contributed by atoms with Gasteiger partial charge in [0.15, 0.2) is 0 Å². The molecule has 0 radical (unpaired) electrons. The Balaban J connectivity index is 1.84. The van der Waals surface area contributed by atoms with E-state index in [-0.39, 0.29) is 0 Å². The fraction of sp³-hybridized carbons (Fsp3) is 0.500. The Kier molecular flexibility index (Phi) is 3.06. The maximum atomic E-state index is 4.73. The summed E-state index contributed by atoms with van der Waals surface area (Å²) in [5, 5.41) is 3.47. The summed E-state index contributed by atoms with van der Waals surface area (Å²) >= 11 is 0. The summed E-state index contributed by atoms with van der Waals surface area (Å²) in [5.74, 6) is 1.16. The summed E-state index contributed by atoms with van der Waals surface area (Å²) in [4.78, 5) is 7.21. The van der Waals surface area contributed by atoms with Crippen molar-refractivity contribution in [2.45, 2.75) is 19.5 Å². The number of para-hydroxylation sites is 2. The van der Waals surface area contributed by atoms with Crippen LogP contribution in [-0.4, -0.2) is 40.1 Å². The molecule has 0 aliphatic carbocycles. The molecule has 96 valence electrons. The lowest BCUT2D eigenvalue weighted by molar-refractivity contribution is 0.194. The number of rotatable bonds is 2. The van der Waals surface area contributed by atoms with Gasteiger partial charge in [-0.2, -0.15) is 0 Å². The molecule has 0 amide bonds. The molecule has 1 aromatic carbocycles. The molecule has 1 fully saturated rings. The first kappa shape index (κ1) is 11.7. The lowest BCUT2D eigenvalue weighted by Crippen LogP contribution is -2.48. The van der Waals surface area contributed by atoms with Gasteiger partial charge in [-0.1, -0.05) is 12.1 Å². The molecule has 0 spiro atoms. The first-order valence-electron chi connectivity index (χ1n) is 6.60. The number of hydrogen-bond acceptors (Lipinski definition) is 3. The highest BCUT2D eigenvalue weighted by molar-refractivity contribution is 5.75. The van der Waals surface area contributed by atoms with Crippen molar-refractivity contribution in [3.8, 4) is 0 Å². The highest BCUT2D eigenvalue weighted by Crippen LogP contribution is 2.16. The molecule has 1 N–H and O–H groups in total. The van der Waals surface area contributed by atoms with Crippen molar-refractivity contribution in [2.24, 2.45) is 7.05 Å². The molecule has 3 rings (SSSR count). The fourth-order valence-electron chi connectivity index (χ4n) is 2.69. The molecule has 1 atom stereocenters. The van der Waals surface area contributed by atoms with E-state index in [1.807, 2.05) is 6.07 Å². The third-order valence-electron chi connectivity index (χ3n) is 3.70. The van der Waals surface area contributed by atoms with E-state index in [2.05, 4.69) is 47.0 Å². The summed E-state index contributed by atoms with van der Waals surface area (Å²) < 4.78 is 2.21. The third kappa shape index (κ3) is 2.13. The average molecular weight is 244 g/mol. The molecule has 18 heavy (non-hydrogen) atoms. The third-order valence-corrected chi connectivity index (χ3v) is 3.70. The molecular formula is C14H20N4. The normalized spacial score (nSPS) is 21.6. The predicted octanol–water partition coefficient (Wildman–Crippen LogP) is 1.37. The van der Waals surface area contributed by atoms with Gasteiger partial charge in [0, 0.05) is 32.7 Å². The first-order valence-corrected chi connectivity index (χ1v) is 6.60. The number of piperazine rings is 1. The average Bonchev–Trinajstić information content (AvgIpc) is 2.67. The van der Waals surface area contributed by atoms with Gasteiger partial charge in [-0.3, -0.25) is 4.90 Å². The van der Waals surface area contributed by atoms with E-state index in [1.54, 1.807) is 0 Å². The van der Waals surface area contributed by atoms with Gasteiger partial charge in [-0.25, -0.2) is 4.98 Å². The highest BCUT2D eigenvalue weighted by Gasteiger charge is 2.17. The van der Waals surface area contributed by atoms with Gasteiger partial charge in [0.25, 0.3) is 0 Å². The maximum Gasteiger partial charge on any atom is 0.123 e. The number of nitrogens with one attached hydrogen (secondary N) is 1. The van der Waals surface area contributed by atoms with E-state index in [1.165, 1.54) is 5.52 Å². The molecular weight excluding hydrogens is 224 g/mol. The zero-order chi connectivity index (χ0) is 12.5. The number of hydrogen-bond donors (Lipinski definition) is 1. The van der Waals surface area contributed by atoms with Gasteiger partial charge < -0.3 is 9.88 Å². The van der Waals surface area contributed by atoms with Crippen molar-refractivity contribution in [3.63, 3.8) is 0 Å². The maximum absolute atomic E-state index is 4.73. The molecule has 1 aliphatic rings. The molecule has 4 heteroatoms. The Morgan fingerprint density at radius 1 is 1.39 bits per heavy atom. The van der Waals surface area contributed by atoms with Crippen LogP contribution < -0.4 is 5.32 Å². The molecule has 2 aromatic rings. The summed E-state index contributed by atoms with van der Waals surface area (Å²) in [6.45, 7) is 6.46. The summed E-state index contributed by atoms with van der Waals surface area (Å²) in [6.07, 6.45) is 0. The minimum atomic E-state index is 0.577. The number of aromatic nitrogens is 2. The quantitative estimate of drug-likeness (QED) is 0.866. The molecule has 0 saturated carbocycles. The summed E-state index contributed by atoms with van der Waals surface area (Å²) in [7, 11) is 2.11. The Morgan fingerprint density at radius 3 is 3.00 bits per heavy atom. The molecule has 4 nitrogen and oxygen atoms in total. The van der Waals surface area contributed by atoms with Crippen LogP contribution >= 0.6 is 0 Å². The van der Waals surface area contributed by atoms with Gasteiger partial charge in [-0.15, -0.1) is 0 Å². The van der Waals surface area contributed by atoms with Crippen molar-refractivity contribution in [1.29, 1.82) is 0 Å². The minimum absolute atomic E-state index is 0.577. The van der Waals surface area contributed by atoms with Gasteiger partial charge in [0.1, 0.15) is 5.82 Å². The van der Waals surface area contributed by atoms with Crippen LogP contribution in [0.25, 0.3) is 11.0 Å². The number of benzene rings is 1. The van der Waals surface area contributed by atoms with Crippen LogP contribution in [0.15, 0.2) is 24.3 Å².